The van der Waals surface area contributed by atoms with Crippen molar-refractivity contribution < 1.29 is 78.8 Å². The molecule has 1 fully saturated rings. The molecule has 1 saturated heterocycles. The van der Waals surface area contributed by atoms with E-state index in [0.717, 1.165) is 95.8 Å². The lowest BCUT2D eigenvalue weighted by Gasteiger charge is -2.15. The highest BCUT2D eigenvalue weighted by atomic mass is 19.1. The summed E-state index contributed by atoms with van der Waals surface area (Å²) in [4.78, 5) is 24.0. The molecule has 0 aliphatic carbocycles. The van der Waals surface area contributed by atoms with Crippen LogP contribution in [-0.2, 0) is 57.4 Å². The van der Waals surface area contributed by atoms with Crippen molar-refractivity contribution in [2.75, 3.05) is 72.7 Å². The highest BCUT2D eigenvalue weighted by molar-refractivity contribution is 5.39. The predicted octanol–water partition coefficient (Wildman–Crippen LogP) is 13.3. The molecule has 19 nitrogen and oxygen atoms in total. The summed E-state index contributed by atoms with van der Waals surface area (Å²) in [6.45, 7) is 25.0. The maximum atomic E-state index is 13.0. The summed E-state index contributed by atoms with van der Waals surface area (Å²) in [6, 6.07) is 35.0. The topological polar surface area (TPSA) is 281 Å². The normalized spacial score (nSPS) is 15.0. The summed E-state index contributed by atoms with van der Waals surface area (Å²) < 4.78 is 48.3. The molecule has 20 heteroatoms. The van der Waals surface area contributed by atoms with Crippen molar-refractivity contribution in [3.63, 3.8) is 0 Å². The minimum absolute atomic E-state index is 0.0229. The Hall–Kier alpha value is -6.69. The molecule has 9 N–H and O–H groups in total. The molecule has 0 saturated carbocycles. The largest absolute Gasteiger partial charge is 0.491 e. The van der Waals surface area contributed by atoms with Gasteiger partial charge in [0.1, 0.15) is 79.8 Å². The second-order valence-corrected chi connectivity index (χ2v) is 26.5. The van der Waals surface area contributed by atoms with E-state index in [9.17, 15) is 24.2 Å². The van der Waals surface area contributed by atoms with Crippen molar-refractivity contribution in [1.82, 2.24) is 9.13 Å². The molecule has 0 radical (unpaired) electrons. The van der Waals surface area contributed by atoms with Crippen LogP contribution in [0.15, 0.2) is 119 Å². The molecule has 0 amide bonds. The third-order valence-electron chi connectivity index (χ3n) is 17.4. The maximum absolute atomic E-state index is 13.0. The second-order valence-electron chi connectivity index (χ2n) is 26.5. The number of nitrogens with zero attached hydrogens (tertiary/aromatic N) is 2. The number of unbranched alkanes of at least 4 members (excludes halogenated alkanes) is 4. The Bertz CT molecular complexity index is 3220. The van der Waals surface area contributed by atoms with E-state index in [0.29, 0.717) is 76.1 Å². The van der Waals surface area contributed by atoms with Gasteiger partial charge in [-0.3, -0.25) is 9.36 Å². The molecular formula is C85H135FN2O17. The Morgan fingerprint density at radius 3 is 1.50 bits per heavy atom. The summed E-state index contributed by atoms with van der Waals surface area (Å²) in [7, 11) is 3.19. The molecule has 6 aromatic rings. The quantitative estimate of drug-likeness (QED) is 0.0173. The van der Waals surface area contributed by atoms with Gasteiger partial charge >= 0.3 is 5.69 Å². The van der Waals surface area contributed by atoms with Gasteiger partial charge in [0.05, 0.1) is 44.7 Å². The van der Waals surface area contributed by atoms with Crippen LogP contribution in [0.3, 0.4) is 0 Å². The molecule has 105 heavy (non-hydrogen) atoms. The van der Waals surface area contributed by atoms with Gasteiger partial charge in [0.15, 0.2) is 0 Å². The van der Waals surface area contributed by atoms with Crippen molar-refractivity contribution in [2.45, 2.75) is 241 Å². The standard InChI is InChI=1S/C13H22N2O3.4C13H20O2.C12H17FO2.C8H16O4/c1-4-5-7-10-11(8-6-9-16)14(2)13(18)15(3)12(10)17;1-3-11(2)10-12-6-4-5-7-13(12)15-9-8-14;1-3-6-11(2)12-7-4-5-8-13(12)15-10-9-14;1-3-4-7-12-8-5-6-9-13(12)15-10-11(2)14;1-3-4-5-12-10-11(2)6-7-13(12)15-9-8-14;1-2-3-4-10-5-6-11(13)9-12(10)15-8-7-14;1-2-5-7(10)8(11)6(12-5)3-4-9/h16H,4-9H2,1-3H3;4-7,11,14H,3,8-10H2,1-2H3;4-5,7-8,11,14H,3,6,9-10H2,1-2H3;5-6,8-9,11,14H,3-4,7,10H2,1-2H3;6-7,10,14H,3-5,8-9H2,1-2H3;5-6,9,14H,2-4,7-8H2,1H3;5-11H,2-4H2,1H3/t;;;;;;5-,6+,7-,8+/m......1/s1. The number of benzene rings is 5. The number of aliphatic hydroxyl groups is 9. The van der Waals surface area contributed by atoms with Crippen molar-refractivity contribution in [1.29, 1.82) is 0 Å². The van der Waals surface area contributed by atoms with Gasteiger partial charge in [0.25, 0.3) is 5.56 Å². The first-order valence-electron chi connectivity index (χ1n) is 38.5. The van der Waals surface area contributed by atoms with E-state index in [1.807, 2.05) is 73.7 Å². The van der Waals surface area contributed by atoms with Gasteiger partial charge in [-0.1, -0.05) is 179 Å². The van der Waals surface area contributed by atoms with Crippen LogP contribution < -0.4 is 34.9 Å². The number of para-hydroxylation sites is 3. The van der Waals surface area contributed by atoms with Gasteiger partial charge in [0, 0.05) is 44.6 Å². The fourth-order valence-corrected chi connectivity index (χ4v) is 11.3. The monoisotopic (exact) mass is 1470 g/mol. The minimum atomic E-state index is -0.845. The zero-order valence-electron chi connectivity index (χ0n) is 65.9. The number of hydrogen-bond donors (Lipinski definition) is 9. The van der Waals surface area contributed by atoms with E-state index in [2.05, 4.69) is 86.6 Å². The lowest BCUT2D eigenvalue weighted by atomic mass is 9.96. The zero-order chi connectivity index (χ0) is 78.3. The number of aliphatic hydroxyl groups excluding tert-OH is 9. The molecule has 594 valence electrons. The Labute approximate surface area is 628 Å². The SMILES string of the molecule is CCC(C)Cc1ccccc1OCCO.CCCC(C)c1ccccc1OCCO.CCCCc1c(CCCO)n(C)c(=O)n(C)c1=O.CCCCc1cc(C)ccc1OCCO.CCCCc1ccc(F)cc1OCCO.CCCCc1ccccc1OCC(C)O.CC[C@H]1O[C@@H](CCO)[C@H](O)[C@@H]1O. The third kappa shape index (κ3) is 38.6. The van der Waals surface area contributed by atoms with Crippen LogP contribution in [0.25, 0.3) is 0 Å². The van der Waals surface area contributed by atoms with Crippen LogP contribution in [0, 0.1) is 18.7 Å². The van der Waals surface area contributed by atoms with Gasteiger partial charge in [-0.05, 0) is 174 Å². The number of aryl methyl sites for hydroxylation is 4. The molecule has 1 aliphatic rings. The average Bonchev–Trinajstić information content (AvgIpc) is 1.43. The minimum Gasteiger partial charge on any atom is -0.491 e. The smallest absolute Gasteiger partial charge is 0.330 e. The lowest BCUT2D eigenvalue weighted by molar-refractivity contribution is -0.00488. The molecule has 7 rings (SSSR count). The van der Waals surface area contributed by atoms with E-state index in [1.165, 1.54) is 96.5 Å². The van der Waals surface area contributed by atoms with E-state index < -0.39 is 24.4 Å². The van der Waals surface area contributed by atoms with Crippen LogP contribution >= 0.6 is 0 Å². The Balaban J connectivity index is 0.000000614. The molecule has 1 aromatic heterocycles. The average molecular weight is 1480 g/mol. The maximum Gasteiger partial charge on any atom is 0.330 e. The number of halogens is 1. The van der Waals surface area contributed by atoms with E-state index in [4.69, 9.17) is 64.2 Å². The number of hydrogen-bond acceptors (Lipinski definition) is 17. The third-order valence-corrected chi connectivity index (χ3v) is 17.4. The molecular weight excluding hydrogens is 1340 g/mol. The van der Waals surface area contributed by atoms with Gasteiger partial charge in [0.2, 0.25) is 0 Å². The zero-order valence-corrected chi connectivity index (χ0v) is 65.9. The van der Waals surface area contributed by atoms with Crippen molar-refractivity contribution in [3.8, 4) is 28.7 Å². The first-order valence-corrected chi connectivity index (χ1v) is 38.5. The van der Waals surface area contributed by atoms with Gasteiger partial charge in [-0.15, -0.1) is 0 Å². The molecule has 7 atom stereocenters. The van der Waals surface area contributed by atoms with E-state index in [-0.39, 0.29) is 69.4 Å². The summed E-state index contributed by atoms with van der Waals surface area (Å²) in [5.41, 5.74) is 8.23. The number of ether oxygens (including phenoxy) is 6. The van der Waals surface area contributed by atoms with Crippen LogP contribution in [0.4, 0.5) is 4.39 Å². The van der Waals surface area contributed by atoms with Crippen LogP contribution in [-0.4, -0.2) is 158 Å². The first-order chi connectivity index (χ1) is 50.6. The Morgan fingerprint density at radius 1 is 0.495 bits per heavy atom. The summed E-state index contributed by atoms with van der Waals surface area (Å²) >= 11 is 0. The Kier molecular flexibility index (Phi) is 54.5. The Morgan fingerprint density at radius 2 is 0.981 bits per heavy atom. The molecule has 5 aromatic carbocycles. The number of aromatic nitrogens is 2. The van der Waals surface area contributed by atoms with Crippen molar-refractivity contribution in [3.05, 3.63) is 180 Å². The molecule has 2 heterocycles. The van der Waals surface area contributed by atoms with Crippen LogP contribution in [0.5, 0.6) is 28.7 Å². The first kappa shape index (κ1) is 96.3. The summed E-state index contributed by atoms with van der Waals surface area (Å²) in [5.74, 6) is 5.09. The highest BCUT2D eigenvalue weighted by Gasteiger charge is 2.41. The van der Waals surface area contributed by atoms with E-state index in [1.54, 1.807) is 20.0 Å². The molecule has 0 spiro atoms. The van der Waals surface area contributed by atoms with Crippen LogP contribution in [0.2, 0.25) is 0 Å². The van der Waals surface area contributed by atoms with Gasteiger partial charge in [-0.2, -0.15) is 0 Å². The van der Waals surface area contributed by atoms with Gasteiger partial charge < -0.3 is 78.9 Å². The fourth-order valence-electron chi connectivity index (χ4n) is 11.3. The fraction of sp³-hybridized carbons (Fsp3) is 0.600. The van der Waals surface area contributed by atoms with Crippen molar-refractivity contribution >= 4 is 0 Å². The lowest BCUT2D eigenvalue weighted by Crippen LogP contribution is -2.41. The van der Waals surface area contributed by atoms with Crippen molar-refractivity contribution in [2.24, 2.45) is 20.0 Å². The highest BCUT2D eigenvalue weighted by Crippen LogP contribution is 2.31. The number of rotatable bonds is 39. The molecule has 3 unspecified atom stereocenters. The summed E-state index contributed by atoms with van der Waals surface area (Å²) in [5, 5.41) is 80.3. The molecule has 1 aliphatic heterocycles. The van der Waals surface area contributed by atoms with E-state index >= 15 is 0 Å². The van der Waals surface area contributed by atoms with Crippen LogP contribution in [0.1, 0.15) is 210 Å². The summed E-state index contributed by atoms with van der Waals surface area (Å²) in [6.07, 6.45) is 16.5. The molecule has 0 bridgehead atoms. The second kappa shape index (κ2) is 59.4. The van der Waals surface area contributed by atoms with Gasteiger partial charge in [-0.25, -0.2) is 9.18 Å². The predicted molar refractivity (Wildman–Crippen MR) is 420 cm³/mol.